The van der Waals surface area contributed by atoms with Crippen molar-refractivity contribution in [3.8, 4) is 0 Å². The van der Waals surface area contributed by atoms with Gasteiger partial charge < -0.3 is 5.32 Å². The molecule has 0 saturated heterocycles. The summed E-state index contributed by atoms with van der Waals surface area (Å²) in [5.74, 6) is 0. The second kappa shape index (κ2) is 2.87. The first-order valence-electron chi connectivity index (χ1n) is 4.77. The summed E-state index contributed by atoms with van der Waals surface area (Å²) in [5, 5.41) is 9.67. The van der Waals surface area contributed by atoms with Crippen molar-refractivity contribution in [1.29, 1.82) is 0 Å². The van der Waals surface area contributed by atoms with Gasteiger partial charge in [-0.05, 0) is 11.6 Å². The van der Waals surface area contributed by atoms with Crippen molar-refractivity contribution in [3.05, 3.63) is 41.7 Å². The van der Waals surface area contributed by atoms with E-state index in [1.54, 1.807) is 0 Å². The molecule has 1 aromatic carbocycles. The quantitative estimate of drug-likeness (QED) is 0.670. The van der Waals surface area contributed by atoms with E-state index < -0.39 is 0 Å². The van der Waals surface area contributed by atoms with Crippen LogP contribution in [0, 0.1) is 0 Å². The Morgan fingerprint density at radius 3 is 3.21 bits per heavy atom. The predicted molar refractivity (Wildman–Crippen MR) is 56.8 cm³/mol. The summed E-state index contributed by atoms with van der Waals surface area (Å²) in [6.45, 7) is 0.867. The van der Waals surface area contributed by atoms with E-state index in [4.69, 9.17) is 0 Å². The minimum atomic E-state index is 0.867. The molecule has 0 bridgehead atoms. The molecule has 0 radical (unpaired) electrons. The molecule has 3 rings (SSSR count). The highest BCUT2D eigenvalue weighted by molar-refractivity contribution is 5.65. The van der Waals surface area contributed by atoms with Crippen LogP contribution in [0.1, 0.15) is 12.0 Å². The van der Waals surface area contributed by atoms with E-state index in [9.17, 15) is 0 Å². The number of nitrogens with zero attached hydrogens (tertiary/aromatic N) is 2. The van der Waals surface area contributed by atoms with Crippen LogP contribution in [0.25, 0.3) is 0 Å². The largest absolute Gasteiger partial charge is 0.360 e. The fourth-order valence-corrected chi connectivity index (χ4v) is 1.81. The van der Waals surface area contributed by atoms with E-state index in [0.717, 1.165) is 13.0 Å². The number of hydrogen-bond acceptors (Lipinski definition) is 3. The van der Waals surface area contributed by atoms with Crippen LogP contribution in [0.2, 0.25) is 0 Å². The van der Waals surface area contributed by atoms with Gasteiger partial charge >= 0.3 is 0 Å². The van der Waals surface area contributed by atoms with Crippen LogP contribution in [-0.4, -0.2) is 11.2 Å². The summed E-state index contributed by atoms with van der Waals surface area (Å²) in [4.78, 5) is 0. The van der Waals surface area contributed by atoms with E-state index in [1.807, 2.05) is 23.5 Å². The molecule has 0 saturated carbocycles. The lowest BCUT2D eigenvalue weighted by Crippen LogP contribution is -2.10. The standard InChI is InChI=1S/C11H11N3/c1-2-4-11-9(3-1)8-14-10(7-12-11)5-6-13-14/h1-4,6-7,12H,5,8H2. The first kappa shape index (κ1) is 7.62. The van der Waals surface area contributed by atoms with Gasteiger partial charge in [-0.1, -0.05) is 18.2 Å². The van der Waals surface area contributed by atoms with Gasteiger partial charge in [0.15, 0.2) is 0 Å². The number of hydrazone groups is 1. The first-order chi connectivity index (χ1) is 6.93. The maximum Gasteiger partial charge on any atom is 0.0683 e. The van der Waals surface area contributed by atoms with Crippen LogP contribution in [0.4, 0.5) is 5.69 Å². The van der Waals surface area contributed by atoms with Gasteiger partial charge in [0.05, 0.1) is 12.2 Å². The minimum Gasteiger partial charge on any atom is -0.360 e. The smallest absolute Gasteiger partial charge is 0.0683 e. The summed E-state index contributed by atoms with van der Waals surface area (Å²) in [7, 11) is 0. The highest BCUT2D eigenvalue weighted by Crippen LogP contribution is 2.26. The lowest BCUT2D eigenvalue weighted by molar-refractivity contribution is 0.374. The fourth-order valence-electron chi connectivity index (χ4n) is 1.81. The lowest BCUT2D eigenvalue weighted by atomic mass is 10.2. The Balaban J connectivity index is 2.03. The van der Waals surface area contributed by atoms with Gasteiger partial charge in [-0.3, -0.25) is 5.01 Å². The molecule has 0 unspecified atom stereocenters. The zero-order valence-corrected chi connectivity index (χ0v) is 7.77. The van der Waals surface area contributed by atoms with E-state index in [1.165, 1.54) is 16.9 Å². The SMILES string of the molecule is C1=NN2Cc3ccccc3NC=C2C1. The van der Waals surface area contributed by atoms with E-state index in [2.05, 4.69) is 28.6 Å². The molecule has 1 aromatic rings. The van der Waals surface area contributed by atoms with Crippen molar-refractivity contribution in [2.45, 2.75) is 13.0 Å². The summed E-state index contributed by atoms with van der Waals surface area (Å²) < 4.78 is 0. The van der Waals surface area contributed by atoms with Gasteiger partial charge in [0, 0.05) is 24.5 Å². The predicted octanol–water partition coefficient (Wildman–Crippen LogP) is 2.14. The van der Waals surface area contributed by atoms with Crippen molar-refractivity contribution in [3.63, 3.8) is 0 Å². The van der Waals surface area contributed by atoms with Gasteiger partial charge in [0.2, 0.25) is 0 Å². The van der Waals surface area contributed by atoms with Crippen LogP contribution in [0.3, 0.4) is 0 Å². The van der Waals surface area contributed by atoms with Crippen LogP contribution < -0.4 is 5.32 Å². The zero-order valence-electron chi connectivity index (χ0n) is 7.77. The van der Waals surface area contributed by atoms with Crippen molar-refractivity contribution in [2.24, 2.45) is 5.10 Å². The number of nitrogens with one attached hydrogen (secondary N) is 1. The van der Waals surface area contributed by atoms with Gasteiger partial charge in [-0.2, -0.15) is 5.10 Å². The lowest BCUT2D eigenvalue weighted by Gasteiger charge is -2.13. The van der Waals surface area contributed by atoms with Crippen LogP contribution >= 0.6 is 0 Å². The number of para-hydroxylation sites is 1. The molecule has 0 aromatic heterocycles. The Morgan fingerprint density at radius 2 is 2.21 bits per heavy atom. The molecule has 0 atom stereocenters. The number of hydrogen-bond donors (Lipinski definition) is 1. The van der Waals surface area contributed by atoms with Crippen molar-refractivity contribution < 1.29 is 0 Å². The van der Waals surface area contributed by atoms with Crippen LogP contribution in [0.15, 0.2) is 41.3 Å². The molecular weight excluding hydrogens is 174 g/mol. The number of benzene rings is 1. The maximum atomic E-state index is 4.32. The Hall–Kier alpha value is -1.77. The van der Waals surface area contributed by atoms with Crippen molar-refractivity contribution in [1.82, 2.24) is 5.01 Å². The first-order valence-corrected chi connectivity index (χ1v) is 4.77. The second-order valence-corrected chi connectivity index (χ2v) is 3.50. The average molecular weight is 185 g/mol. The molecule has 2 heterocycles. The maximum absolute atomic E-state index is 4.32. The number of fused-ring (bicyclic) bond motifs is 2. The number of rotatable bonds is 0. The molecule has 14 heavy (non-hydrogen) atoms. The Labute approximate surface area is 82.7 Å². The van der Waals surface area contributed by atoms with Crippen molar-refractivity contribution >= 4 is 11.9 Å². The molecule has 3 heteroatoms. The highest BCUT2D eigenvalue weighted by atomic mass is 15.5. The molecule has 3 nitrogen and oxygen atoms in total. The molecule has 2 aliphatic heterocycles. The normalized spacial score (nSPS) is 18.0. The number of anilines is 1. The average Bonchev–Trinajstić information content (AvgIpc) is 2.58. The number of allylic oxidation sites excluding steroid dienone is 1. The van der Waals surface area contributed by atoms with Crippen LogP contribution in [-0.2, 0) is 6.54 Å². The Kier molecular flexibility index (Phi) is 1.56. The van der Waals surface area contributed by atoms with Gasteiger partial charge in [-0.15, -0.1) is 0 Å². The zero-order chi connectivity index (χ0) is 9.38. The van der Waals surface area contributed by atoms with Gasteiger partial charge in [-0.25, -0.2) is 0 Å². The topological polar surface area (TPSA) is 27.6 Å². The third-order valence-electron chi connectivity index (χ3n) is 2.58. The highest BCUT2D eigenvalue weighted by Gasteiger charge is 2.17. The monoisotopic (exact) mass is 185 g/mol. The molecule has 0 aliphatic carbocycles. The molecule has 0 fully saturated rings. The summed E-state index contributed by atoms with van der Waals surface area (Å²) in [5.41, 5.74) is 3.71. The molecular formula is C11H11N3. The summed E-state index contributed by atoms with van der Waals surface area (Å²) >= 11 is 0. The van der Waals surface area contributed by atoms with Crippen LogP contribution in [0.5, 0.6) is 0 Å². The van der Waals surface area contributed by atoms with Gasteiger partial charge in [0.1, 0.15) is 0 Å². The second-order valence-electron chi connectivity index (χ2n) is 3.50. The third-order valence-corrected chi connectivity index (χ3v) is 2.58. The molecule has 0 amide bonds. The van der Waals surface area contributed by atoms with E-state index in [-0.39, 0.29) is 0 Å². The minimum absolute atomic E-state index is 0.867. The molecule has 2 aliphatic rings. The Bertz CT molecular complexity index is 420. The molecule has 0 spiro atoms. The van der Waals surface area contributed by atoms with Crippen molar-refractivity contribution in [2.75, 3.05) is 5.32 Å². The summed E-state index contributed by atoms with van der Waals surface area (Å²) in [6, 6.07) is 8.33. The van der Waals surface area contributed by atoms with E-state index in [0.29, 0.717) is 0 Å². The molecule has 1 N–H and O–H groups in total. The fraction of sp³-hybridized carbons (Fsp3) is 0.182. The van der Waals surface area contributed by atoms with E-state index >= 15 is 0 Å². The Morgan fingerprint density at radius 1 is 1.29 bits per heavy atom. The molecule has 70 valence electrons. The third kappa shape index (κ3) is 1.09. The summed E-state index contributed by atoms with van der Waals surface area (Å²) in [6.07, 6.45) is 4.92. The van der Waals surface area contributed by atoms with Gasteiger partial charge in [0.25, 0.3) is 0 Å².